The maximum absolute atomic E-state index is 12.6. The number of benzene rings is 4. The van der Waals surface area contributed by atoms with Crippen molar-refractivity contribution in [3.8, 4) is 5.75 Å². The van der Waals surface area contributed by atoms with Gasteiger partial charge in [-0.05, 0) is 70.4 Å². The number of aromatic hydroxyl groups is 1. The van der Waals surface area contributed by atoms with E-state index in [1.807, 2.05) is 0 Å². The molecule has 0 aliphatic heterocycles. The number of sulfone groups is 1. The number of carbonyl (C=O) groups excluding carboxylic acids is 1. The van der Waals surface area contributed by atoms with Gasteiger partial charge in [0.15, 0.2) is 9.84 Å². The number of aliphatic hydroxyl groups excluding tert-OH is 1. The number of fused-ring (bicyclic) bond motifs is 1. The lowest BCUT2D eigenvalue weighted by atomic mass is 9.96. The van der Waals surface area contributed by atoms with Crippen molar-refractivity contribution in [2.75, 3.05) is 6.26 Å². The maximum atomic E-state index is 12.6. The van der Waals surface area contributed by atoms with E-state index in [1.165, 1.54) is 42.5 Å². The number of aromatic carboxylic acids is 1. The molecular formula is C27H22O8S. The molecule has 36 heavy (non-hydrogen) atoms. The maximum Gasteiger partial charge on any atom is 0.338 e. The van der Waals surface area contributed by atoms with Crippen molar-refractivity contribution in [1.82, 2.24) is 0 Å². The van der Waals surface area contributed by atoms with Crippen molar-refractivity contribution < 1.29 is 38.1 Å². The van der Waals surface area contributed by atoms with E-state index >= 15 is 0 Å². The summed E-state index contributed by atoms with van der Waals surface area (Å²) in [6.45, 7) is -0.0488. The van der Waals surface area contributed by atoms with Gasteiger partial charge >= 0.3 is 11.9 Å². The number of carboxylic acid groups (broad SMARTS) is 1. The van der Waals surface area contributed by atoms with Crippen LogP contribution >= 0.6 is 0 Å². The van der Waals surface area contributed by atoms with Gasteiger partial charge in [-0.15, -0.1) is 0 Å². The molecule has 0 aliphatic carbocycles. The number of esters is 1. The SMILES string of the molecule is CS(=O)(=O)c1ccc(COC(=O)c2ccc3cc(O)c(C(O)c4ccc(C(=O)O)cc4)cc3c2)cc1. The van der Waals surface area contributed by atoms with Crippen LogP contribution in [0.15, 0.2) is 83.8 Å². The summed E-state index contributed by atoms with van der Waals surface area (Å²) in [4.78, 5) is 23.8. The zero-order chi connectivity index (χ0) is 26.0. The second kappa shape index (κ2) is 9.80. The standard InChI is InChI=1S/C27H22O8S/c1-36(33,34)22-10-2-16(3-11-22)15-35-27(32)20-9-8-19-14-24(28)23(13-21(19)12-20)25(29)17-4-6-18(7-5-17)26(30)31/h2-14,25,28-29H,15H2,1H3,(H,30,31). The number of aliphatic hydroxyl groups is 1. The van der Waals surface area contributed by atoms with Crippen LogP contribution in [0.2, 0.25) is 0 Å². The first kappa shape index (κ1) is 24.9. The molecule has 1 atom stereocenters. The molecule has 4 rings (SSSR count). The highest BCUT2D eigenvalue weighted by molar-refractivity contribution is 7.90. The van der Waals surface area contributed by atoms with Gasteiger partial charge in [-0.1, -0.05) is 30.3 Å². The third-order valence-corrected chi connectivity index (χ3v) is 6.84. The summed E-state index contributed by atoms with van der Waals surface area (Å²) in [6, 6.07) is 19.5. The molecule has 4 aromatic carbocycles. The van der Waals surface area contributed by atoms with E-state index in [0.717, 1.165) is 6.26 Å². The van der Waals surface area contributed by atoms with Gasteiger partial charge in [0, 0.05) is 11.8 Å². The summed E-state index contributed by atoms with van der Waals surface area (Å²) in [6.07, 6.45) is -0.108. The van der Waals surface area contributed by atoms with Crippen molar-refractivity contribution in [1.29, 1.82) is 0 Å². The highest BCUT2D eigenvalue weighted by atomic mass is 32.2. The first-order valence-electron chi connectivity index (χ1n) is 10.8. The summed E-state index contributed by atoms with van der Waals surface area (Å²) < 4.78 is 28.5. The van der Waals surface area contributed by atoms with Crippen molar-refractivity contribution in [2.24, 2.45) is 0 Å². The number of phenols is 1. The second-order valence-corrected chi connectivity index (χ2v) is 10.3. The lowest BCUT2D eigenvalue weighted by Crippen LogP contribution is -2.06. The Kier molecular flexibility index (Phi) is 6.78. The molecule has 1 unspecified atom stereocenters. The Bertz CT molecular complexity index is 1560. The molecule has 8 nitrogen and oxygen atoms in total. The molecule has 0 spiro atoms. The lowest BCUT2D eigenvalue weighted by Gasteiger charge is -2.15. The Balaban J connectivity index is 1.54. The number of rotatable bonds is 7. The van der Waals surface area contributed by atoms with Crippen molar-refractivity contribution >= 4 is 32.5 Å². The monoisotopic (exact) mass is 506 g/mol. The molecule has 0 heterocycles. The van der Waals surface area contributed by atoms with Gasteiger partial charge < -0.3 is 20.1 Å². The average molecular weight is 507 g/mol. The minimum absolute atomic E-state index is 0.0488. The molecule has 4 aromatic rings. The van der Waals surface area contributed by atoms with Crippen molar-refractivity contribution in [3.05, 3.63) is 107 Å². The van der Waals surface area contributed by atoms with Crippen LogP contribution in [0.4, 0.5) is 0 Å². The molecule has 0 radical (unpaired) electrons. The van der Waals surface area contributed by atoms with Crippen LogP contribution in [0.5, 0.6) is 5.75 Å². The van der Waals surface area contributed by atoms with E-state index < -0.39 is 27.9 Å². The number of hydrogen-bond donors (Lipinski definition) is 3. The first-order valence-corrected chi connectivity index (χ1v) is 12.7. The number of carboxylic acids is 1. The minimum Gasteiger partial charge on any atom is -0.508 e. The minimum atomic E-state index is -3.32. The van der Waals surface area contributed by atoms with E-state index in [-0.39, 0.29) is 33.9 Å². The molecule has 0 saturated heterocycles. The number of carbonyl (C=O) groups is 2. The van der Waals surface area contributed by atoms with Gasteiger partial charge in [0.1, 0.15) is 18.5 Å². The second-order valence-electron chi connectivity index (χ2n) is 8.29. The average Bonchev–Trinajstić information content (AvgIpc) is 2.86. The van der Waals surface area contributed by atoms with Gasteiger partial charge in [-0.25, -0.2) is 18.0 Å². The molecule has 184 valence electrons. The van der Waals surface area contributed by atoms with Crippen LogP contribution in [0.3, 0.4) is 0 Å². The molecule has 3 N–H and O–H groups in total. The topological polar surface area (TPSA) is 138 Å². The molecule has 0 aliphatic rings. The summed E-state index contributed by atoms with van der Waals surface area (Å²) in [5, 5.41) is 31.5. The van der Waals surface area contributed by atoms with Crippen LogP contribution < -0.4 is 0 Å². The summed E-state index contributed by atoms with van der Waals surface area (Å²) in [5.74, 6) is -1.83. The summed E-state index contributed by atoms with van der Waals surface area (Å²) in [5.41, 5.74) is 1.55. The Hall–Kier alpha value is -4.21. The molecule has 0 amide bonds. The summed E-state index contributed by atoms with van der Waals surface area (Å²) >= 11 is 0. The Morgan fingerprint density at radius 1 is 0.861 bits per heavy atom. The molecule has 0 aromatic heterocycles. The van der Waals surface area contributed by atoms with Crippen molar-refractivity contribution in [3.63, 3.8) is 0 Å². The van der Waals surface area contributed by atoms with Crippen molar-refractivity contribution in [2.45, 2.75) is 17.6 Å². The molecule has 0 saturated carbocycles. The predicted molar refractivity (Wildman–Crippen MR) is 132 cm³/mol. The highest BCUT2D eigenvalue weighted by Gasteiger charge is 2.18. The fourth-order valence-corrected chi connectivity index (χ4v) is 4.33. The van der Waals surface area contributed by atoms with Crippen LogP contribution in [-0.4, -0.2) is 41.9 Å². The smallest absolute Gasteiger partial charge is 0.338 e. The molecule has 9 heteroatoms. The highest BCUT2D eigenvalue weighted by Crippen LogP contribution is 2.33. The Morgan fingerprint density at radius 2 is 1.50 bits per heavy atom. The Morgan fingerprint density at radius 3 is 2.11 bits per heavy atom. The van der Waals surface area contributed by atoms with E-state index in [9.17, 15) is 28.2 Å². The Labute approximate surface area is 206 Å². The van der Waals surface area contributed by atoms with E-state index in [4.69, 9.17) is 9.84 Å². The van der Waals surface area contributed by atoms with Gasteiger partial charge in [0.25, 0.3) is 0 Å². The van der Waals surface area contributed by atoms with Gasteiger partial charge in [0.2, 0.25) is 0 Å². The third-order valence-electron chi connectivity index (χ3n) is 5.71. The number of hydrogen-bond acceptors (Lipinski definition) is 7. The fraction of sp³-hybridized carbons (Fsp3) is 0.111. The van der Waals surface area contributed by atoms with Crippen LogP contribution in [0.1, 0.15) is 43.5 Å². The number of ether oxygens (including phenoxy) is 1. The van der Waals surface area contributed by atoms with Crippen LogP contribution in [-0.2, 0) is 21.2 Å². The van der Waals surface area contributed by atoms with Crippen LogP contribution in [0.25, 0.3) is 10.8 Å². The molecule has 0 fully saturated rings. The number of phenolic OH excluding ortho intramolecular Hbond substituents is 1. The van der Waals surface area contributed by atoms with Gasteiger partial charge in [0.05, 0.1) is 16.0 Å². The first-order chi connectivity index (χ1) is 17.0. The molecule has 0 bridgehead atoms. The molecular weight excluding hydrogens is 484 g/mol. The largest absolute Gasteiger partial charge is 0.508 e. The van der Waals surface area contributed by atoms with Crippen LogP contribution in [0, 0.1) is 0 Å². The van der Waals surface area contributed by atoms with E-state index in [2.05, 4.69) is 0 Å². The predicted octanol–water partition coefficient (Wildman–Crippen LogP) is 4.09. The summed E-state index contributed by atoms with van der Waals surface area (Å²) in [7, 11) is -3.32. The van der Waals surface area contributed by atoms with E-state index in [0.29, 0.717) is 21.9 Å². The van der Waals surface area contributed by atoms with E-state index in [1.54, 1.807) is 36.4 Å². The fourth-order valence-electron chi connectivity index (χ4n) is 3.70. The van der Waals surface area contributed by atoms with Gasteiger partial charge in [-0.2, -0.15) is 0 Å². The van der Waals surface area contributed by atoms with Gasteiger partial charge in [-0.3, -0.25) is 0 Å². The normalized spacial score (nSPS) is 12.3. The zero-order valence-corrected chi connectivity index (χ0v) is 19.9. The lowest BCUT2D eigenvalue weighted by molar-refractivity contribution is 0.0472. The quantitative estimate of drug-likeness (QED) is 0.319. The third kappa shape index (κ3) is 5.37. The zero-order valence-electron chi connectivity index (χ0n) is 19.1.